The second kappa shape index (κ2) is 6.94. The Kier molecular flexibility index (Phi) is 4.54. The molecule has 0 atom stereocenters. The van der Waals surface area contributed by atoms with Crippen LogP contribution in [-0.2, 0) is 11.3 Å². The van der Waals surface area contributed by atoms with Crippen LogP contribution in [0.4, 0.5) is 4.79 Å². The molecule has 0 saturated heterocycles. The molecule has 0 fully saturated rings. The summed E-state index contributed by atoms with van der Waals surface area (Å²) in [6, 6.07) is 20.1. The Bertz CT molecular complexity index is 650. The second-order valence-electron chi connectivity index (χ2n) is 5.33. The maximum absolute atomic E-state index is 12.1. The number of ether oxygens (including phenoxy) is 1. The smallest absolute Gasteiger partial charge is 0.410 e. The maximum Gasteiger partial charge on any atom is 0.410 e. The van der Waals surface area contributed by atoms with Crippen LogP contribution in [0.3, 0.4) is 0 Å². The summed E-state index contributed by atoms with van der Waals surface area (Å²) in [5.74, 6) is 0. The third-order valence-electron chi connectivity index (χ3n) is 3.82. The van der Waals surface area contributed by atoms with E-state index in [1.165, 1.54) is 11.1 Å². The van der Waals surface area contributed by atoms with Crippen molar-refractivity contribution >= 4 is 11.7 Å². The fraction of sp³-hybridized carbons (Fsp3) is 0.211. The molecule has 0 bridgehead atoms. The van der Waals surface area contributed by atoms with Gasteiger partial charge in [0.15, 0.2) is 0 Å². The molecule has 0 saturated carbocycles. The normalized spacial score (nSPS) is 14.4. The molecule has 112 valence electrons. The number of carbonyl (C=O) groups excluding carboxylic acids is 1. The molecule has 3 rings (SSSR count). The minimum absolute atomic E-state index is 0.243. The Hall–Kier alpha value is -2.55. The lowest BCUT2D eigenvalue weighted by Gasteiger charge is -2.26. The SMILES string of the molecule is O=C(OCc1ccccc1)N1CC=C(c2ccccc2)CC1. The average molecular weight is 293 g/mol. The van der Waals surface area contributed by atoms with Crippen molar-refractivity contribution in [1.82, 2.24) is 4.90 Å². The van der Waals surface area contributed by atoms with Gasteiger partial charge in [0.25, 0.3) is 0 Å². The Balaban J connectivity index is 1.54. The molecule has 1 aliphatic rings. The molecular weight excluding hydrogens is 274 g/mol. The molecule has 1 aliphatic heterocycles. The molecule has 0 N–H and O–H groups in total. The lowest BCUT2D eigenvalue weighted by Crippen LogP contribution is -2.35. The first-order valence-corrected chi connectivity index (χ1v) is 7.53. The third kappa shape index (κ3) is 3.55. The van der Waals surface area contributed by atoms with Gasteiger partial charge in [-0.3, -0.25) is 0 Å². The van der Waals surface area contributed by atoms with Crippen molar-refractivity contribution in [3.8, 4) is 0 Å². The van der Waals surface area contributed by atoms with Gasteiger partial charge in [-0.15, -0.1) is 0 Å². The van der Waals surface area contributed by atoms with E-state index in [1.54, 1.807) is 4.90 Å². The van der Waals surface area contributed by atoms with Crippen LogP contribution in [0.2, 0.25) is 0 Å². The topological polar surface area (TPSA) is 29.5 Å². The Morgan fingerprint density at radius 2 is 1.68 bits per heavy atom. The summed E-state index contributed by atoms with van der Waals surface area (Å²) in [6.45, 7) is 1.64. The van der Waals surface area contributed by atoms with Crippen LogP contribution in [-0.4, -0.2) is 24.1 Å². The first kappa shape index (κ1) is 14.4. The maximum atomic E-state index is 12.1. The highest BCUT2D eigenvalue weighted by molar-refractivity contribution is 5.72. The van der Waals surface area contributed by atoms with Crippen LogP contribution in [0.1, 0.15) is 17.5 Å². The molecule has 3 heteroatoms. The number of hydrogen-bond donors (Lipinski definition) is 0. The number of hydrogen-bond acceptors (Lipinski definition) is 2. The second-order valence-corrected chi connectivity index (χ2v) is 5.33. The van der Waals surface area contributed by atoms with Crippen LogP contribution in [0.25, 0.3) is 5.57 Å². The molecule has 0 radical (unpaired) electrons. The van der Waals surface area contributed by atoms with E-state index in [2.05, 4.69) is 18.2 Å². The van der Waals surface area contributed by atoms with Crippen molar-refractivity contribution in [1.29, 1.82) is 0 Å². The van der Waals surface area contributed by atoms with Gasteiger partial charge in [0.05, 0.1) is 0 Å². The lowest BCUT2D eigenvalue weighted by molar-refractivity contribution is 0.0998. The fourth-order valence-corrected chi connectivity index (χ4v) is 2.56. The average Bonchev–Trinajstić information content (AvgIpc) is 2.61. The zero-order chi connectivity index (χ0) is 15.2. The summed E-state index contributed by atoms with van der Waals surface area (Å²) in [5.41, 5.74) is 3.54. The summed E-state index contributed by atoms with van der Waals surface area (Å²) in [4.78, 5) is 13.8. The largest absolute Gasteiger partial charge is 0.445 e. The molecule has 2 aromatic rings. The molecule has 0 aliphatic carbocycles. The van der Waals surface area contributed by atoms with Crippen molar-refractivity contribution in [2.24, 2.45) is 0 Å². The van der Waals surface area contributed by atoms with E-state index < -0.39 is 0 Å². The number of carbonyl (C=O) groups is 1. The standard InChI is InChI=1S/C19H19NO2/c21-19(22-15-16-7-3-1-4-8-16)20-13-11-18(12-14-20)17-9-5-2-6-10-17/h1-11H,12-15H2. The zero-order valence-corrected chi connectivity index (χ0v) is 12.4. The van der Waals surface area contributed by atoms with Gasteiger partial charge in [0.1, 0.15) is 6.61 Å². The zero-order valence-electron chi connectivity index (χ0n) is 12.4. The summed E-state index contributed by atoms with van der Waals surface area (Å²) in [5, 5.41) is 0. The molecule has 0 spiro atoms. The van der Waals surface area contributed by atoms with Crippen molar-refractivity contribution in [3.63, 3.8) is 0 Å². The highest BCUT2D eigenvalue weighted by Gasteiger charge is 2.18. The minimum atomic E-state index is -0.243. The van der Waals surface area contributed by atoms with Crippen LogP contribution in [0.15, 0.2) is 66.7 Å². The summed E-state index contributed by atoms with van der Waals surface area (Å²) < 4.78 is 5.37. The van der Waals surface area contributed by atoms with E-state index in [1.807, 2.05) is 48.5 Å². The predicted octanol–water partition coefficient (Wildman–Crippen LogP) is 4.11. The van der Waals surface area contributed by atoms with Crippen LogP contribution in [0.5, 0.6) is 0 Å². The first-order chi connectivity index (χ1) is 10.8. The summed E-state index contributed by atoms with van der Waals surface area (Å²) in [6.07, 6.45) is 2.74. The van der Waals surface area contributed by atoms with Gasteiger partial charge in [-0.2, -0.15) is 0 Å². The summed E-state index contributed by atoms with van der Waals surface area (Å²) in [7, 11) is 0. The number of benzene rings is 2. The van der Waals surface area contributed by atoms with E-state index in [9.17, 15) is 4.79 Å². The highest BCUT2D eigenvalue weighted by Crippen LogP contribution is 2.22. The van der Waals surface area contributed by atoms with Crippen molar-refractivity contribution in [3.05, 3.63) is 77.9 Å². The highest BCUT2D eigenvalue weighted by atomic mass is 16.6. The number of amides is 1. The monoisotopic (exact) mass is 293 g/mol. The van der Waals surface area contributed by atoms with E-state index in [4.69, 9.17) is 4.74 Å². The Morgan fingerprint density at radius 1 is 1.00 bits per heavy atom. The van der Waals surface area contributed by atoms with Crippen LogP contribution < -0.4 is 0 Å². The molecule has 0 unspecified atom stereocenters. The van der Waals surface area contributed by atoms with Gasteiger partial charge in [-0.05, 0) is 23.1 Å². The molecule has 3 nitrogen and oxygen atoms in total. The quantitative estimate of drug-likeness (QED) is 0.852. The molecule has 2 aromatic carbocycles. The molecule has 1 heterocycles. The third-order valence-corrected chi connectivity index (χ3v) is 3.82. The van der Waals surface area contributed by atoms with Crippen molar-refractivity contribution in [2.75, 3.05) is 13.1 Å². The van der Waals surface area contributed by atoms with Gasteiger partial charge in [-0.25, -0.2) is 4.79 Å². The van der Waals surface area contributed by atoms with Crippen LogP contribution in [0, 0.1) is 0 Å². The van der Waals surface area contributed by atoms with Crippen molar-refractivity contribution < 1.29 is 9.53 Å². The summed E-state index contributed by atoms with van der Waals surface area (Å²) >= 11 is 0. The van der Waals surface area contributed by atoms with E-state index in [0.29, 0.717) is 19.7 Å². The van der Waals surface area contributed by atoms with Gasteiger partial charge < -0.3 is 9.64 Å². The molecule has 0 aromatic heterocycles. The fourth-order valence-electron chi connectivity index (χ4n) is 2.56. The lowest BCUT2D eigenvalue weighted by atomic mass is 10.00. The number of nitrogens with zero attached hydrogens (tertiary/aromatic N) is 1. The van der Waals surface area contributed by atoms with Gasteiger partial charge in [0, 0.05) is 13.1 Å². The minimum Gasteiger partial charge on any atom is -0.445 e. The molecule has 22 heavy (non-hydrogen) atoms. The first-order valence-electron chi connectivity index (χ1n) is 7.53. The van der Waals surface area contributed by atoms with E-state index in [0.717, 1.165) is 12.0 Å². The van der Waals surface area contributed by atoms with E-state index in [-0.39, 0.29) is 6.09 Å². The van der Waals surface area contributed by atoms with Crippen molar-refractivity contribution in [2.45, 2.75) is 13.0 Å². The molecule has 1 amide bonds. The number of rotatable bonds is 3. The van der Waals surface area contributed by atoms with E-state index >= 15 is 0 Å². The Morgan fingerprint density at radius 3 is 2.32 bits per heavy atom. The van der Waals surface area contributed by atoms with Gasteiger partial charge >= 0.3 is 6.09 Å². The molecular formula is C19H19NO2. The van der Waals surface area contributed by atoms with Gasteiger partial charge in [-0.1, -0.05) is 66.7 Å². The van der Waals surface area contributed by atoms with Gasteiger partial charge in [0.2, 0.25) is 0 Å². The van der Waals surface area contributed by atoms with Crippen LogP contribution >= 0.6 is 0 Å². The predicted molar refractivity (Wildman–Crippen MR) is 87.2 cm³/mol. The Labute approximate surface area is 130 Å².